The van der Waals surface area contributed by atoms with Gasteiger partial charge < -0.3 is 29.7 Å². The maximum atomic E-state index is 15.0. The number of carbonyl (C=O) groups excluding carboxylic acids is 1. The van der Waals surface area contributed by atoms with Crippen molar-refractivity contribution < 1.29 is 23.8 Å². The minimum Gasteiger partial charge on any atom is -0.475 e. The van der Waals surface area contributed by atoms with E-state index in [0.717, 1.165) is 35.5 Å². The predicted molar refractivity (Wildman–Crippen MR) is 136 cm³/mol. The molecule has 0 atom stereocenters. The number of aliphatic hydroxyl groups is 1. The molecule has 5 rings (SSSR count). The number of nitrogens with zero attached hydrogens (tertiary/aromatic N) is 3. The van der Waals surface area contributed by atoms with Crippen molar-refractivity contribution in [1.29, 1.82) is 0 Å². The van der Waals surface area contributed by atoms with E-state index in [4.69, 9.17) is 9.47 Å². The van der Waals surface area contributed by atoms with Gasteiger partial charge in [0.15, 0.2) is 0 Å². The lowest BCUT2D eigenvalue weighted by molar-refractivity contribution is 0.122. The third-order valence-electron chi connectivity index (χ3n) is 7.72. The van der Waals surface area contributed by atoms with Crippen molar-refractivity contribution in [3.8, 4) is 17.0 Å². The molecule has 3 aliphatic rings. The molecule has 0 radical (unpaired) electrons. The molecule has 2 N–H and O–H groups in total. The lowest BCUT2D eigenvalue weighted by atomic mass is 9.86. The predicted octanol–water partition coefficient (Wildman–Crippen LogP) is 4.20. The van der Waals surface area contributed by atoms with E-state index in [9.17, 15) is 14.3 Å². The number of ether oxygens (including phenoxy) is 2. The van der Waals surface area contributed by atoms with Crippen LogP contribution in [0, 0.1) is 18.2 Å². The number of aryl methyl sites for hydroxylation is 1. The first kappa shape index (κ1) is 24.8. The number of rotatable bonds is 6. The highest BCUT2D eigenvalue weighted by Gasteiger charge is 2.41. The van der Waals surface area contributed by atoms with Gasteiger partial charge in [0.25, 0.3) is 0 Å². The SMILES string of the molecule is Cc1cc(F)c(NC(=O)N2CCC3(CCCC3)C2)cc1-c1cc(OCCO)nc(N2CCOCC2)c1. The van der Waals surface area contributed by atoms with Crippen LogP contribution < -0.4 is 15.0 Å². The molecule has 0 bridgehead atoms. The number of likely N-dealkylation sites (tertiary alicyclic amines) is 1. The summed E-state index contributed by atoms with van der Waals surface area (Å²) >= 11 is 0. The topological polar surface area (TPSA) is 87.2 Å². The van der Waals surface area contributed by atoms with Crippen molar-refractivity contribution in [2.24, 2.45) is 5.41 Å². The molecule has 0 unspecified atom stereocenters. The van der Waals surface area contributed by atoms with Crippen LogP contribution in [0.4, 0.5) is 20.7 Å². The van der Waals surface area contributed by atoms with Gasteiger partial charge in [0.2, 0.25) is 5.88 Å². The number of urea groups is 1. The van der Waals surface area contributed by atoms with Crippen LogP contribution in [0.3, 0.4) is 0 Å². The summed E-state index contributed by atoms with van der Waals surface area (Å²) in [6.07, 6.45) is 5.84. The number of anilines is 2. The standard InChI is InChI=1S/C27H35FN4O4/c1-19-14-22(28)23(29-26(34)32-7-6-27(18-32)4-2-3-5-27)17-21(19)20-15-24(31-8-11-35-12-9-31)30-25(16-20)36-13-10-33/h14-17,33H,2-13,18H2,1H3,(H,29,34). The largest absolute Gasteiger partial charge is 0.475 e. The first-order valence-electron chi connectivity index (χ1n) is 12.9. The summed E-state index contributed by atoms with van der Waals surface area (Å²) in [5, 5.41) is 12.0. The minimum absolute atomic E-state index is 0.123. The summed E-state index contributed by atoms with van der Waals surface area (Å²) in [6, 6.07) is 6.64. The molecule has 2 aliphatic heterocycles. The molecular formula is C27H35FN4O4. The van der Waals surface area contributed by atoms with Crippen molar-refractivity contribution >= 4 is 17.5 Å². The summed E-state index contributed by atoms with van der Waals surface area (Å²) < 4.78 is 26.1. The van der Waals surface area contributed by atoms with Gasteiger partial charge in [0.1, 0.15) is 18.2 Å². The summed E-state index contributed by atoms with van der Waals surface area (Å²) in [5.41, 5.74) is 2.75. The molecule has 2 amide bonds. The van der Waals surface area contributed by atoms with Crippen molar-refractivity contribution in [3.63, 3.8) is 0 Å². The number of amides is 2. The van der Waals surface area contributed by atoms with E-state index in [0.29, 0.717) is 38.7 Å². The van der Waals surface area contributed by atoms with Crippen LogP contribution in [0.5, 0.6) is 5.88 Å². The van der Waals surface area contributed by atoms with Crippen molar-refractivity contribution in [2.75, 3.05) is 62.8 Å². The van der Waals surface area contributed by atoms with Crippen LogP contribution in [0.2, 0.25) is 0 Å². The number of hydrogen-bond donors (Lipinski definition) is 2. The Hall–Kier alpha value is -2.91. The molecule has 3 fully saturated rings. The maximum Gasteiger partial charge on any atom is 0.321 e. The fourth-order valence-corrected chi connectivity index (χ4v) is 5.74. The Morgan fingerprint density at radius 2 is 1.94 bits per heavy atom. The Morgan fingerprint density at radius 1 is 1.17 bits per heavy atom. The van der Waals surface area contributed by atoms with E-state index < -0.39 is 5.82 Å². The second-order valence-corrected chi connectivity index (χ2v) is 10.2. The highest BCUT2D eigenvalue weighted by atomic mass is 19.1. The molecule has 1 aromatic carbocycles. The number of aliphatic hydroxyl groups excluding tert-OH is 1. The van der Waals surface area contributed by atoms with E-state index in [1.54, 1.807) is 12.1 Å². The van der Waals surface area contributed by atoms with Gasteiger partial charge in [-0.25, -0.2) is 9.18 Å². The number of carbonyl (C=O) groups is 1. The third kappa shape index (κ3) is 5.27. The molecule has 1 aliphatic carbocycles. The maximum absolute atomic E-state index is 15.0. The number of pyridine rings is 1. The summed E-state index contributed by atoms with van der Waals surface area (Å²) in [6.45, 7) is 5.95. The van der Waals surface area contributed by atoms with Crippen molar-refractivity contribution in [1.82, 2.24) is 9.88 Å². The zero-order valence-electron chi connectivity index (χ0n) is 20.9. The van der Waals surface area contributed by atoms with Crippen LogP contribution in [0.25, 0.3) is 11.1 Å². The van der Waals surface area contributed by atoms with Crippen molar-refractivity contribution in [3.05, 3.63) is 35.6 Å². The van der Waals surface area contributed by atoms with Gasteiger partial charge in [-0.05, 0) is 66.5 Å². The lowest BCUT2D eigenvalue weighted by Crippen LogP contribution is -2.36. The van der Waals surface area contributed by atoms with Crippen LogP contribution in [0.1, 0.15) is 37.7 Å². The van der Waals surface area contributed by atoms with Gasteiger partial charge in [-0.2, -0.15) is 4.98 Å². The minimum atomic E-state index is -0.460. The van der Waals surface area contributed by atoms with Gasteiger partial charge in [-0.15, -0.1) is 0 Å². The molecule has 3 heterocycles. The van der Waals surface area contributed by atoms with E-state index >= 15 is 0 Å². The zero-order chi connectivity index (χ0) is 25.1. The number of halogens is 1. The summed E-state index contributed by atoms with van der Waals surface area (Å²) in [7, 11) is 0. The average molecular weight is 499 g/mol. The molecule has 9 heteroatoms. The normalized spacial score (nSPS) is 19.2. The first-order chi connectivity index (χ1) is 17.5. The highest BCUT2D eigenvalue weighted by Crippen LogP contribution is 2.45. The van der Waals surface area contributed by atoms with Crippen LogP contribution >= 0.6 is 0 Å². The highest BCUT2D eigenvalue weighted by molar-refractivity contribution is 5.91. The Kier molecular flexibility index (Phi) is 7.29. The van der Waals surface area contributed by atoms with Crippen LogP contribution in [0.15, 0.2) is 24.3 Å². The third-order valence-corrected chi connectivity index (χ3v) is 7.72. The van der Waals surface area contributed by atoms with E-state index in [2.05, 4.69) is 15.2 Å². The number of benzene rings is 1. The van der Waals surface area contributed by atoms with Gasteiger partial charge in [0, 0.05) is 32.2 Å². The molecule has 2 aromatic rings. The molecule has 36 heavy (non-hydrogen) atoms. The van der Waals surface area contributed by atoms with E-state index in [1.165, 1.54) is 31.7 Å². The molecule has 194 valence electrons. The smallest absolute Gasteiger partial charge is 0.321 e. The average Bonchev–Trinajstić information content (AvgIpc) is 3.54. The monoisotopic (exact) mass is 498 g/mol. The number of morpholine rings is 1. The van der Waals surface area contributed by atoms with E-state index in [-0.39, 0.29) is 30.3 Å². The Bertz CT molecular complexity index is 1100. The summed E-state index contributed by atoms with van der Waals surface area (Å²) in [5.74, 6) is 0.659. The van der Waals surface area contributed by atoms with Crippen LogP contribution in [-0.4, -0.2) is 73.6 Å². The van der Waals surface area contributed by atoms with Gasteiger partial charge in [-0.3, -0.25) is 0 Å². The quantitative estimate of drug-likeness (QED) is 0.621. The number of nitrogens with one attached hydrogen (secondary N) is 1. The van der Waals surface area contributed by atoms with Crippen LogP contribution in [-0.2, 0) is 4.74 Å². The number of aromatic nitrogens is 1. The first-order valence-corrected chi connectivity index (χ1v) is 12.9. The zero-order valence-corrected chi connectivity index (χ0v) is 20.9. The lowest BCUT2D eigenvalue weighted by Gasteiger charge is -2.28. The Morgan fingerprint density at radius 3 is 2.69 bits per heavy atom. The van der Waals surface area contributed by atoms with Crippen molar-refractivity contribution in [2.45, 2.75) is 39.0 Å². The molecule has 1 aromatic heterocycles. The number of hydrogen-bond acceptors (Lipinski definition) is 6. The summed E-state index contributed by atoms with van der Waals surface area (Å²) in [4.78, 5) is 21.6. The molecule has 1 spiro atoms. The molecule has 2 saturated heterocycles. The second-order valence-electron chi connectivity index (χ2n) is 10.2. The Balaban J connectivity index is 1.41. The fraction of sp³-hybridized carbons (Fsp3) is 0.556. The molecular weight excluding hydrogens is 463 g/mol. The van der Waals surface area contributed by atoms with E-state index in [1.807, 2.05) is 17.9 Å². The van der Waals surface area contributed by atoms with Gasteiger partial charge >= 0.3 is 6.03 Å². The molecule has 1 saturated carbocycles. The second kappa shape index (κ2) is 10.6. The fourth-order valence-electron chi connectivity index (χ4n) is 5.74. The van der Waals surface area contributed by atoms with Gasteiger partial charge in [0.05, 0.1) is 25.5 Å². The Labute approximate surface area is 211 Å². The molecule has 8 nitrogen and oxygen atoms in total. The van der Waals surface area contributed by atoms with Gasteiger partial charge in [-0.1, -0.05) is 12.8 Å².